The minimum absolute atomic E-state index is 0.244. The standard InChI is InChI=1S/C17H32N6O6/c1-9(2)14(23-15(27)10(19)7-12(20)24)17(29)22-11(5-3-4-6-18)16(28)21-8-13(25)26/h9-11,14H,3-8,18-19H2,1-2H3,(H2,20,24)(H,21,28)(H,22,29)(H,23,27)(H,25,26). The van der Waals surface area contributed by atoms with Crippen LogP contribution in [0.4, 0.5) is 0 Å². The molecule has 166 valence electrons. The summed E-state index contributed by atoms with van der Waals surface area (Å²) in [7, 11) is 0. The van der Waals surface area contributed by atoms with E-state index in [0.29, 0.717) is 19.4 Å². The van der Waals surface area contributed by atoms with Crippen molar-refractivity contribution in [2.75, 3.05) is 13.1 Å². The Kier molecular flexibility index (Phi) is 12.2. The van der Waals surface area contributed by atoms with E-state index in [1.807, 2.05) is 0 Å². The number of carboxylic acids is 1. The molecule has 0 heterocycles. The van der Waals surface area contributed by atoms with E-state index >= 15 is 0 Å². The van der Waals surface area contributed by atoms with E-state index < -0.39 is 54.3 Å². The molecule has 10 N–H and O–H groups in total. The summed E-state index contributed by atoms with van der Waals surface area (Å²) in [4.78, 5) is 58.6. The molecule has 0 aliphatic rings. The van der Waals surface area contributed by atoms with E-state index in [4.69, 9.17) is 22.3 Å². The van der Waals surface area contributed by atoms with Gasteiger partial charge in [0, 0.05) is 0 Å². The van der Waals surface area contributed by atoms with Crippen LogP contribution in [-0.4, -0.2) is 65.9 Å². The molecular weight excluding hydrogens is 384 g/mol. The molecule has 0 rings (SSSR count). The summed E-state index contributed by atoms with van der Waals surface area (Å²) >= 11 is 0. The second-order valence-corrected chi connectivity index (χ2v) is 6.96. The van der Waals surface area contributed by atoms with E-state index in [0.717, 1.165) is 0 Å². The Morgan fingerprint density at radius 2 is 1.59 bits per heavy atom. The Bertz CT molecular complexity index is 597. The third kappa shape index (κ3) is 11.0. The summed E-state index contributed by atoms with van der Waals surface area (Å²) < 4.78 is 0. The number of aliphatic carboxylic acids is 1. The summed E-state index contributed by atoms with van der Waals surface area (Å²) in [6.45, 7) is 3.17. The molecule has 0 radical (unpaired) electrons. The van der Waals surface area contributed by atoms with Crippen LogP contribution in [0.15, 0.2) is 0 Å². The lowest BCUT2D eigenvalue weighted by Crippen LogP contribution is -2.57. The van der Waals surface area contributed by atoms with Crippen molar-refractivity contribution in [1.29, 1.82) is 0 Å². The molecule has 12 heteroatoms. The number of primary amides is 1. The van der Waals surface area contributed by atoms with Gasteiger partial charge in [-0.05, 0) is 31.7 Å². The molecule has 12 nitrogen and oxygen atoms in total. The largest absolute Gasteiger partial charge is 0.480 e. The lowest BCUT2D eigenvalue weighted by atomic mass is 10.0. The highest BCUT2D eigenvalue weighted by molar-refractivity contribution is 5.94. The van der Waals surface area contributed by atoms with Gasteiger partial charge >= 0.3 is 5.97 Å². The molecule has 0 fully saturated rings. The monoisotopic (exact) mass is 416 g/mol. The summed E-state index contributed by atoms with van der Waals surface area (Å²) in [5.74, 6) is -4.35. The van der Waals surface area contributed by atoms with Gasteiger partial charge in [0.25, 0.3) is 0 Å². The Balaban J connectivity index is 5.15. The first kappa shape index (κ1) is 26.3. The average molecular weight is 416 g/mol. The van der Waals surface area contributed by atoms with Crippen LogP contribution in [-0.2, 0) is 24.0 Å². The molecule has 0 bridgehead atoms. The van der Waals surface area contributed by atoms with Crippen LogP contribution in [0.25, 0.3) is 0 Å². The van der Waals surface area contributed by atoms with Gasteiger partial charge in [0.15, 0.2) is 0 Å². The number of carboxylic acid groups (broad SMARTS) is 1. The van der Waals surface area contributed by atoms with Crippen LogP contribution in [0.3, 0.4) is 0 Å². The maximum atomic E-state index is 12.7. The zero-order valence-corrected chi connectivity index (χ0v) is 16.8. The lowest BCUT2D eigenvalue weighted by molar-refractivity contribution is -0.138. The third-order valence-electron chi connectivity index (χ3n) is 4.00. The second kappa shape index (κ2) is 13.4. The maximum absolute atomic E-state index is 12.7. The first-order chi connectivity index (χ1) is 13.5. The molecule has 0 aromatic heterocycles. The van der Waals surface area contributed by atoms with Crippen LogP contribution in [0, 0.1) is 5.92 Å². The van der Waals surface area contributed by atoms with Crippen molar-refractivity contribution in [3.63, 3.8) is 0 Å². The van der Waals surface area contributed by atoms with Gasteiger partial charge in [0.05, 0.1) is 12.5 Å². The average Bonchev–Trinajstić information content (AvgIpc) is 2.62. The van der Waals surface area contributed by atoms with Crippen LogP contribution in [0.1, 0.15) is 39.5 Å². The van der Waals surface area contributed by atoms with Crippen molar-refractivity contribution < 1.29 is 29.1 Å². The molecule has 0 aliphatic carbocycles. The Labute approximate surface area is 169 Å². The quantitative estimate of drug-likeness (QED) is 0.146. The number of nitrogens with one attached hydrogen (secondary N) is 3. The van der Waals surface area contributed by atoms with Crippen LogP contribution < -0.4 is 33.2 Å². The third-order valence-corrected chi connectivity index (χ3v) is 4.00. The Morgan fingerprint density at radius 3 is 2.07 bits per heavy atom. The number of amides is 4. The minimum atomic E-state index is -1.22. The molecule has 0 aromatic rings. The molecule has 0 spiro atoms. The predicted molar refractivity (Wildman–Crippen MR) is 104 cm³/mol. The van der Waals surface area contributed by atoms with Crippen molar-refractivity contribution in [2.45, 2.75) is 57.7 Å². The smallest absolute Gasteiger partial charge is 0.322 e. The minimum Gasteiger partial charge on any atom is -0.480 e. The number of rotatable bonds is 14. The topological polar surface area (TPSA) is 220 Å². The Morgan fingerprint density at radius 1 is 0.966 bits per heavy atom. The summed E-state index contributed by atoms with van der Waals surface area (Å²) in [6, 6.07) is -3.22. The summed E-state index contributed by atoms with van der Waals surface area (Å²) in [6.07, 6.45) is 1.01. The number of nitrogens with two attached hydrogens (primary N) is 3. The summed E-state index contributed by atoms with van der Waals surface area (Å²) in [5, 5.41) is 15.9. The number of hydrogen-bond donors (Lipinski definition) is 7. The van der Waals surface area contributed by atoms with Gasteiger partial charge < -0.3 is 38.3 Å². The highest BCUT2D eigenvalue weighted by Gasteiger charge is 2.30. The maximum Gasteiger partial charge on any atom is 0.322 e. The van der Waals surface area contributed by atoms with Crippen LogP contribution in [0.2, 0.25) is 0 Å². The van der Waals surface area contributed by atoms with Gasteiger partial charge in [-0.15, -0.1) is 0 Å². The van der Waals surface area contributed by atoms with Gasteiger partial charge in [-0.25, -0.2) is 0 Å². The normalized spacial score (nSPS) is 13.8. The van der Waals surface area contributed by atoms with Crippen LogP contribution >= 0.6 is 0 Å². The Hall–Kier alpha value is -2.73. The van der Waals surface area contributed by atoms with E-state index in [1.165, 1.54) is 0 Å². The zero-order chi connectivity index (χ0) is 22.6. The van der Waals surface area contributed by atoms with Gasteiger partial charge in [0.2, 0.25) is 23.6 Å². The number of unbranched alkanes of at least 4 members (excludes halogenated alkanes) is 1. The molecule has 4 amide bonds. The van der Waals surface area contributed by atoms with Gasteiger partial charge in [0.1, 0.15) is 18.6 Å². The van der Waals surface area contributed by atoms with Gasteiger partial charge in [-0.3, -0.25) is 24.0 Å². The molecule has 3 atom stereocenters. The van der Waals surface area contributed by atoms with Crippen molar-refractivity contribution in [3.8, 4) is 0 Å². The van der Waals surface area contributed by atoms with E-state index in [9.17, 15) is 24.0 Å². The van der Waals surface area contributed by atoms with Gasteiger partial charge in [-0.1, -0.05) is 13.8 Å². The number of carbonyl (C=O) groups excluding carboxylic acids is 4. The van der Waals surface area contributed by atoms with Crippen molar-refractivity contribution in [1.82, 2.24) is 16.0 Å². The zero-order valence-electron chi connectivity index (χ0n) is 16.8. The number of hydrogen-bond acceptors (Lipinski definition) is 7. The number of carbonyl (C=O) groups is 5. The lowest BCUT2D eigenvalue weighted by Gasteiger charge is -2.26. The van der Waals surface area contributed by atoms with E-state index in [2.05, 4.69) is 16.0 Å². The van der Waals surface area contributed by atoms with Gasteiger partial charge in [-0.2, -0.15) is 0 Å². The predicted octanol–water partition coefficient (Wildman–Crippen LogP) is -2.86. The van der Waals surface area contributed by atoms with Crippen molar-refractivity contribution in [3.05, 3.63) is 0 Å². The van der Waals surface area contributed by atoms with Crippen LogP contribution in [0.5, 0.6) is 0 Å². The molecule has 0 saturated carbocycles. The first-order valence-electron chi connectivity index (χ1n) is 9.33. The molecule has 0 aliphatic heterocycles. The first-order valence-corrected chi connectivity index (χ1v) is 9.33. The SMILES string of the molecule is CC(C)C(NC(=O)C(N)CC(N)=O)C(=O)NC(CCCCN)C(=O)NCC(=O)O. The molecular formula is C17H32N6O6. The second-order valence-electron chi connectivity index (χ2n) is 6.96. The fourth-order valence-corrected chi connectivity index (χ4v) is 2.41. The fourth-order valence-electron chi connectivity index (χ4n) is 2.41. The molecule has 0 saturated heterocycles. The molecule has 29 heavy (non-hydrogen) atoms. The van der Waals surface area contributed by atoms with E-state index in [-0.39, 0.29) is 18.8 Å². The van der Waals surface area contributed by atoms with Crippen molar-refractivity contribution >= 4 is 29.6 Å². The highest BCUT2D eigenvalue weighted by Crippen LogP contribution is 2.06. The molecule has 3 unspecified atom stereocenters. The fraction of sp³-hybridized carbons (Fsp3) is 0.706. The van der Waals surface area contributed by atoms with E-state index in [1.54, 1.807) is 13.8 Å². The highest BCUT2D eigenvalue weighted by atomic mass is 16.4. The molecule has 0 aromatic carbocycles. The van der Waals surface area contributed by atoms with Crippen molar-refractivity contribution in [2.24, 2.45) is 23.1 Å². The summed E-state index contributed by atoms with van der Waals surface area (Å²) in [5.41, 5.74) is 16.0.